The lowest BCUT2D eigenvalue weighted by molar-refractivity contribution is -0.138. The van der Waals surface area contributed by atoms with E-state index in [4.69, 9.17) is 14.5 Å². The number of aromatic nitrogens is 1. The second-order valence-electron chi connectivity index (χ2n) is 15.8. The average molecular weight is 703 g/mol. The second kappa shape index (κ2) is 16.3. The molecule has 276 valence electrons. The standard InChI is InChI=1S/C41H55FN4O5/c1-28(40(2,3)4)27-41(5,6)51-33-16-11-29(12-17-33)19-24-50-36-18-14-31(25-34(36)42)35(26-37(47)48)46-23-22-45(39(46)49)21-8-10-32-15-13-30-9-7-20-43-38(30)44-32/h11-18,25,28,35H,7-10,19-24,26-27H2,1-6H3,(H,43,44)(H,47,48)/t28?,35-/m0/s1. The van der Waals surface area contributed by atoms with Crippen LogP contribution in [0.3, 0.4) is 0 Å². The molecule has 0 spiro atoms. The molecule has 2 amide bonds. The number of anilines is 1. The first-order valence-corrected chi connectivity index (χ1v) is 18.4. The molecule has 1 saturated heterocycles. The molecule has 1 fully saturated rings. The smallest absolute Gasteiger partial charge is 0.320 e. The van der Waals surface area contributed by atoms with Gasteiger partial charge in [0, 0.05) is 38.3 Å². The summed E-state index contributed by atoms with van der Waals surface area (Å²) in [5, 5.41) is 13.1. The first-order valence-electron chi connectivity index (χ1n) is 18.4. The lowest BCUT2D eigenvalue weighted by Crippen LogP contribution is -2.36. The zero-order chi connectivity index (χ0) is 36.8. The third-order valence-electron chi connectivity index (χ3n) is 10.3. The summed E-state index contributed by atoms with van der Waals surface area (Å²) in [7, 11) is 0. The number of hydrogen-bond acceptors (Lipinski definition) is 6. The Balaban J connectivity index is 1.12. The number of benzene rings is 2. The van der Waals surface area contributed by atoms with Crippen LogP contribution < -0.4 is 14.8 Å². The molecular weight excluding hydrogens is 647 g/mol. The highest BCUT2D eigenvalue weighted by molar-refractivity contribution is 5.78. The average Bonchev–Trinajstić information content (AvgIpc) is 3.43. The van der Waals surface area contributed by atoms with E-state index in [0.717, 1.165) is 61.5 Å². The molecule has 1 unspecified atom stereocenters. The number of carboxylic acids is 1. The van der Waals surface area contributed by atoms with Gasteiger partial charge >= 0.3 is 12.0 Å². The molecule has 3 heterocycles. The maximum Gasteiger partial charge on any atom is 0.320 e. The zero-order valence-corrected chi connectivity index (χ0v) is 31.1. The zero-order valence-electron chi connectivity index (χ0n) is 31.1. The first-order chi connectivity index (χ1) is 24.2. The van der Waals surface area contributed by atoms with Gasteiger partial charge in [-0.2, -0.15) is 0 Å². The van der Waals surface area contributed by atoms with Crippen LogP contribution in [0.2, 0.25) is 0 Å². The molecule has 2 aromatic carbocycles. The van der Waals surface area contributed by atoms with Crippen LogP contribution in [0.25, 0.3) is 0 Å². The number of aryl methyl sites for hydroxylation is 2. The molecule has 3 aromatic rings. The molecule has 0 radical (unpaired) electrons. The fourth-order valence-electron chi connectivity index (χ4n) is 6.88. The number of fused-ring (bicyclic) bond motifs is 1. The summed E-state index contributed by atoms with van der Waals surface area (Å²) in [6.45, 7) is 15.8. The van der Waals surface area contributed by atoms with Crippen LogP contribution in [0.4, 0.5) is 15.0 Å². The fourth-order valence-corrected chi connectivity index (χ4v) is 6.88. The van der Waals surface area contributed by atoms with E-state index < -0.39 is 17.8 Å². The third-order valence-corrected chi connectivity index (χ3v) is 10.3. The molecule has 51 heavy (non-hydrogen) atoms. The summed E-state index contributed by atoms with van der Waals surface area (Å²) >= 11 is 0. The minimum atomic E-state index is -1.06. The van der Waals surface area contributed by atoms with E-state index in [1.54, 1.807) is 15.9 Å². The minimum Gasteiger partial charge on any atom is -0.490 e. The molecule has 5 rings (SSSR count). The number of carbonyl (C=O) groups is 2. The monoisotopic (exact) mass is 702 g/mol. The van der Waals surface area contributed by atoms with Gasteiger partial charge in [-0.25, -0.2) is 14.2 Å². The summed E-state index contributed by atoms with van der Waals surface area (Å²) in [5.41, 5.74) is 3.60. The van der Waals surface area contributed by atoms with Crippen LogP contribution in [0.15, 0.2) is 54.6 Å². The van der Waals surface area contributed by atoms with E-state index in [-0.39, 0.29) is 35.8 Å². The van der Waals surface area contributed by atoms with Crippen LogP contribution in [-0.4, -0.2) is 70.3 Å². The Morgan fingerprint density at radius 1 is 1.04 bits per heavy atom. The van der Waals surface area contributed by atoms with Gasteiger partial charge in [0.1, 0.15) is 17.2 Å². The predicted octanol–water partition coefficient (Wildman–Crippen LogP) is 8.32. The molecule has 1 aromatic heterocycles. The van der Waals surface area contributed by atoms with Gasteiger partial charge in [-0.1, -0.05) is 52.0 Å². The Morgan fingerprint density at radius 3 is 2.51 bits per heavy atom. The third kappa shape index (κ3) is 10.4. The number of nitrogens with one attached hydrogen (secondary N) is 1. The number of urea groups is 1. The number of halogens is 1. The molecule has 0 aliphatic carbocycles. The van der Waals surface area contributed by atoms with Crippen molar-refractivity contribution in [2.75, 3.05) is 38.1 Å². The Hall–Kier alpha value is -4.34. The summed E-state index contributed by atoms with van der Waals surface area (Å²) < 4.78 is 27.4. The fraction of sp³-hybridized carbons (Fsp3) is 0.537. The summed E-state index contributed by atoms with van der Waals surface area (Å²) in [5.74, 6) is 0.703. The Labute approximate surface area is 302 Å². The second-order valence-corrected chi connectivity index (χ2v) is 15.8. The highest BCUT2D eigenvalue weighted by Crippen LogP contribution is 2.35. The van der Waals surface area contributed by atoms with E-state index in [1.807, 2.05) is 24.3 Å². The lowest BCUT2D eigenvalue weighted by Gasteiger charge is -2.35. The molecule has 2 N–H and O–H groups in total. The minimum absolute atomic E-state index is 0.0860. The number of pyridine rings is 1. The molecule has 9 nitrogen and oxygen atoms in total. The summed E-state index contributed by atoms with van der Waals surface area (Å²) in [6, 6.07) is 15.5. The predicted molar refractivity (Wildman–Crippen MR) is 198 cm³/mol. The Bertz CT molecular complexity index is 1650. The molecule has 2 atom stereocenters. The van der Waals surface area contributed by atoms with Crippen molar-refractivity contribution in [2.45, 2.75) is 98.1 Å². The van der Waals surface area contributed by atoms with Gasteiger partial charge in [0.25, 0.3) is 0 Å². The molecule has 10 heteroatoms. The highest BCUT2D eigenvalue weighted by Gasteiger charge is 2.36. The number of carboxylic acid groups (broad SMARTS) is 1. The molecular formula is C41H55FN4O5. The van der Waals surface area contributed by atoms with Crippen molar-refractivity contribution in [2.24, 2.45) is 11.3 Å². The number of carbonyl (C=O) groups excluding carboxylic acids is 1. The van der Waals surface area contributed by atoms with Crippen molar-refractivity contribution in [3.8, 4) is 11.5 Å². The van der Waals surface area contributed by atoms with Crippen molar-refractivity contribution in [1.82, 2.24) is 14.8 Å². The van der Waals surface area contributed by atoms with E-state index in [9.17, 15) is 14.7 Å². The van der Waals surface area contributed by atoms with Crippen LogP contribution >= 0.6 is 0 Å². The number of aliphatic carboxylic acids is 1. The van der Waals surface area contributed by atoms with Crippen molar-refractivity contribution < 1.29 is 28.6 Å². The Kier molecular flexibility index (Phi) is 12.1. The van der Waals surface area contributed by atoms with E-state index >= 15 is 4.39 Å². The van der Waals surface area contributed by atoms with Crippen molar-refractivity contribution in [1.29, 1.82) is 0 Å². The number of ether oxygens (including phenoxy) is 2. The van der Waals surface area contributed by atoms with Crippen LogP contribution in [0.1, 0.15) is 95.7 Å². The molecule has 2 aliphatic rings. The van der Waals surface area contributed by atoms with Crippen molar-refractivity contribution in [3.63, 3.8) is 0 Å². The van der Waals surface area contributed by atoms with E-state index in [0.29, 0.717) is 37.5 Å². The van der Waals surface area contributed by atoms with Gasteiger partial charge < -0.3 is 29.7 Å². The highest BCUT2D eigenvalue weighted by atomic mass is 19.1. The first kappa shape index (κ1) is 37.9. The largest absolute Gasteiger partial charge is 0.490 e. The quantitative estimate of drug-likeness (QED) is 0.155. The van der Waals surface area contributed by atoms with E-state index in [2.05, 4.69) is 59.0 Å². The van der Waals surface area contributed by atoms with Gasteiger partial charge in [-0.3, -0.25) is 4.79 Å². The number of amides is 2. The van der Waals surface area contributed by atoms with Crippen LogP contribution in [0.5, 0.6) is 11.5 Å². The number of nitrogens with zero attached hydrogens (tertiary/aromatic N) is 3. The lowest BCUT2D eigenvalue weighted by atomic mass is 9.76. The number of rotatable bonds is 16. The van der Waals surface area contributed by atoms with Gasteiger partial charge in [-0.05, 0) is 104 Å². The van der Waals surface area contributed by atoms with Crippen LogP contribution in [0, 0.1) is 17.2 Å². The van der Waals surface area contributed by atoms with Crippen molar-refractivity contribution >= 4 is 17.8 Å². The van der Waals surface area contributed by atoms with Gasteiger partial charge in [0.2, 0.25) is 0 Å². The normalized spacial score (nSPS) is 16.0. The molecule has 2 aliphatic heterocycles. The summed E-state index contributed by atoms with van der Waals surface area (Å²) in [4.78, 5) is 33.3. The van der Waals surface area contributed by atoms with Gasteiger partial charge in [-0.15, -0.1) is 0 Å². The molecule has 0 bridgehead atoms. The SMILES string of the molecule is CC(CC(C)(C)Oc1ccc(CCOc2ccc([C@H](CC(=O)O)N3CCN(CCCc4ccc5c(n4)NCCC5)C3=O)cc2F)cc1)C(C)(C)C. The van der Waals surface area contributed by atoms with Crippen molar-refractivity contribution in [3.05, 3.63) is 82.8 Å². The maximum absolute atomic E-state index is 15.3. The van der Waals surface area contributed by atoms with E-state index in [1.165, 1.54) is 17.7 Å². The van der Waals surface area contributed by atoms with Gasteiger partial charge in [0.15, 0.2) is 11.6 Å². The topological polar surface area (TPSA) is 104 Å². The maximum atomic E-state index is 15.3. The molecule has 0 saturated carbocycles. The van der Waals surface area contributed by atoms with Gasteiger partial charge in [0.05, 0.1) is 19.1 Å². The van der Waals surface area contributed by atoms with Crippen LogP contribution in [-0.2, 0) is 24.1 Å². The Morgan fingerprint density at radius 2 is 1.80 bits per heavy atom. The summed E-state index contributed by atoms with van der Waals surface area (Å²) in [6.07, 6.45) is 4.81. The number of hydrogen-bond donors (Lipinski definition) is 2.